The highest BCUT2D eigenvalue weighted by atomic mass is 16.1. The van der Waals surface area contributed by atoms with Gasteiger partial charge in [-0.05, 0) is 18.9 Å². The van der Waals surface area contributed by atoms with Gasteiger partial charge in [0.05, 0.1) is 6.04 Å². The predicted octanol–water partition coefficient (Wildman–Crippen LogP) is 7.06. The Kier molecular flexibility index (Phi) is 19.7. The summed E-state index contributed by atoms with van der Waals surface area (Å²) in [6, 6.07) is 0.0383. The molecule has 0 spiro atoms. The molecule has 0 aromatic rings. The Bertz CT molecular complexity index is 265. The average molecular weight is 354 g/mol. The molecule has 0 aliphatic rings. The predicted molar refractivity (Wildman–Crippen MR) is 112 cm³/mol. The van der Waals surface area contributed by atoms with Crippen molar-refractivity contribution in [2.45, 2.75) is 130 Å². The van der Waals surface area contributed by atoms with Gasteiger partial charge in [-0.1, -0.05) is 117 Å². The smallest absolute Gasteiger partial charge is 0.137 e. The summed E-state index contributed by atoms with van der Waals surface area (Å²) < 4.78 is 0. The van der Waals surface area contributed by atoms with Crippen LogP contribution >= 0.6 is 0 Å². The van der Waals surface area contributed by atoms with Crippen LogP contribution in [0.1, 0.15) is 124 Å². The van der Waals surface area contributed by atoms with Crippen molar-refractivity contribution in [3.63, 3.8) is 0 Å². The van der Waals surface area contributed by atoms with Crippen molar-refractivity contribution in [1.82, 2.24) is 5.32 Å². The van der Waals surface area contributed by atoms with Crippen molar-refractivity contribution in [3.8, 4) is 0 Å². The van der Waals surface area contributed by atoms with Gasteiger partial charge in [-0.3, -0.25) is 0 Å². The second-order valence-electron chi connectivity index (χ2n) is 8.16. The van der Waals surface area contributed by atoms with E-state index < -0.39 is 0 Å². The number of carbonyl (C=O) groups is 1. The fourth-order valence-electron chi connectivity index (χ4n) is 3.38. The third-order valence-electron chi connectivity index (χ3n) is 5.28. The van der Waals surface area contributed by atoms with Crippen LogP contribution < -0.4 is 5.32 Å². The molecule has 150 valence electrons. The maximum Gasteiger partial charge on any atom is 0.137 e. The molecule has 0 aliphatic heterocycles. The number of unbranched alkanes of at least 4 members (excludes halogenated alkanes) is 15. The van der Waals surface area contributed by atoms with Crippen molar-refractivity contribution in [1.29, 1.82) is 0 Å². The molecule has 0 aromatic heterocycles. The summed E-state index contributed by atoms with van der Waals surface area (Å²) in [6.07, 6.45) is 23.5. The van der Waals surface area contributed by atoms with Crippen LogP contribution in [-0.2, 0) is 4.79 Å². The Hall–Kier alpha value is -0.370. The first-order chi connectivity index (χ1) is 12.2. The number of hydrogen-bond donors (Lipinski definition) is 1. The molecule has 1 atom stereocenters. The third kappa shape index (κ3) is 18.2. The first kappa shape index (κ1) is 24.6. The number of carbonyl (C=O) groups excluding carboxylic acids is 1. The molecule has 0 unspecified atom stereocenters. The Balaban J connectivity index is 3.11. The van der Waals surface area contributed by atoms with E-state index in [4.69, 9.17) is 0 Å². The molecule has 0 aliphatic carbocycles. The summed E-state index contributed by atoms with van der Waals surface area (Å²) in [4.78, 5) is 10.9. The summed E-state index contributed by atoms with van der Waals surface area (Å²) in [5.41, 5.74) is 0. The molecule has 0 saturated heterocycles. The van der Waals surface area contributed by atoms with Crippen LogP contribution in [-0.4, -0.2) is 18.9 Å². The highest BCUT2D eigenvalue weighted by Crippen LogP contribution is 2.13. The molecular weight excluding hydrogens is 306 g/mol. The van der Waals surface area contributed by atoms with Crippen LogP contribution in [0.5, 0.6) is 0 Å². The summed E-state index contributed by atoms with van der Waals surface area (Å²) in [7, 11) is 0. The minimum absolute atomic E-state index is 0.0383. The van der Waals surface area contributed by atoms with Crippen molar-refractivity contribution in [3.05, 3.63) is 0 Å². The Morgan fingerprint density at radius 1 is 0.640 bits per heavy atom. The lowest BCUT2D eigenvalue weighted by atomic mass is 10.0. The second-order valence-corrected chi connectivity index (χ2v) is 8.16. The lowest BCUT2D eigenvalue weighted by molar-refractivity contribution is -0.110. The molecule has 0 saturated carbocycles. The molecule has 0 aromatic carbocycles. The first-order valence-corrected chi connectivity index (χ1v) is 11.4. The maximum atomic E-state index is 10.9. The molecule has 0 rings (SSSR count). The van der Waals surface area contributed by atoms with Gasteiger partial charge in [-0.15, -0.1) is 0 Å². The van der Waals surface area contributed by atoms with Crippen molar-refractivity contribution < 1.29 is 4.79 Å². The van der Waals surface area contributed by atoms with E-state index in [9.17, 15) is 4.79 Å². The van der Waals surface area contributed by atoms with E-state index in [2.05, 4.69) is 26.1 Å². The lowest BCUT2D eigenvalue weighted by Gasteiger charge is -2.15. The summed E-state index contributed by atoms with van der Waals surface area (Å²) in [5.74, 6) is 0.401. The van der Waals surface area contributed by atoms with E-state index in [0.29, 0.717) is 5.92 Å². The highest BCUT2D eigenvalue weighted by molar-refractivity contribution is 5.57. The number of rotatable bonds is 20. The molecule has 0 amide bonds. The molecule has 0 radical (unpaired) electrons. The SMILES string of the molecule is CCCCCCCCCCCCCCCCCCN[C@H](C=O)C(C)C. The summed E-state index contributed by atoms with van der Waals surface area (Å²) >= 11 is 0. The van der Waals surface area contributed by atoms with E-state index in [1.165, 1.54) is 103 Å². The Morgan fingerprint density at radius 2 is 1.00 bits per heavy atom. The standard InChI is InChI=1S/C23H47NO/c1-4-5-6-7-8-9-10-11-12-13-14-15-16-17-18-19-20-24-23(21-25)22(2)3/h21-24H,4-20H2,1-3H3/t23-/m1/s1. The zero-order chi connectivity index (χ0) is 18.6. The average Bonchev–Trinajstić information content (AvgIpc) is 2.60. The van der Waals surface area contributed by atoms with Crippen LogP contribution in [0, 0.1) is 5.92 Å². The van der Waals surface area contributed by atoms with Crippen molar-refractivity contribution in [2.24, 2.45) is 5.92 Å². The monoisotopic (exact) mass is 353 g/mol. The van der Waals surface area contributed by atoms with Crippen LogP contribution in [0.2, 0.25) is 0 Å². The van der Waals surface area contributed by atoms with Gasteiger partial charge in [0.25, 0.3) is 0 Å². The quantitative estimate of drug-likeness (QED) is 0.187. The van der Waals surface area contributed by atoms with Crippen molar-refractivity contribution in [2.75, 3.05) is 6.54 Å². The van der Waals surface area contributed by atoms with Gasteiger partial charge in [0, 0.05) is 0 Å². The van der Waals surface area contributed by atoms with E-state index in [0.717, 1.165) is 12.8 Å². The van der Waals surface area contributed by atoms with Gasteiger partial charge in [-0.25, -0.2) is 0 Å². The van der Waals surface area contributed by atoms with Gasteiger partial charge in [0.2, 0.25) is 0 Å². The molecule has 25 heavy (non-hydrogen) atoms. The van der Waals surface area contributed by atoms with E-state index in [1.807, 2.05) is 0 Å². The van der Waals surface area contributed by atoms with Crippen LogP contribution in [0.25, 0.3) is 0 Å². The Labute approximate surface area is 158 Å². The van der Waals surface area contributed by atoms with Crippen molar-refractivity contribution >= 4 is 6.29 Å². The topological polar surface area (TPSA) is 29.1 Å². The normalized spacial score (nSPS) is 12.6. The third-order valence-corrected chi connectivity index (χ3v) is 5.28. The second kappa shape index (κ2) is 19.9. The summed E-state index contributed by atoms with van der Waals surface area (Å²) in [6.45, 7) is 7.47. The fraction of sp³-hybridized carbons (Fsp3) is 0.957. The van der Waals surface area contributed by atoms with Gasteiger partial charge in [0.1, 0.15) is 6.29 Å². The minimum atomic E-state index is 0.0383. The minimum Gasteiger partial charge on any atom is -0.308 e. The Morgan fingerprint density at radius 3 is 1.32 bits per heavy atom. The van der Waals surface area contributed by atoms with Crippen LogP contribution in [0.15, 0.2) is 0 Å². The number of nitrogens with one attached hydrogen (secondary N) is 1. The fourth-order valence-corrected chi connectivity index (χ4v) is 3.38. The van der Waals surface area contributed by atoms with Gasteiger partial charge in [0.15, 0.2) is 0 Å². The van der Waals surface area contributed by atoms with Gasteiger partial charge in [-0.2, -0.15) is 0 Å². The van der Waals surface area contributed by atoms with Crippen LogP contribution in [0.3, 0.4) is 0 Å². The number of hydrogen-bond acceptors (Lipinski definition) is 2. The van der Waals surface area contributed by atoms with Gasteiger partial charge < -0.3 is 10.1 Å². The highest BCUT2D eigenvalue weighted by Gasteiger charge is 2.09. The molecule has 1 N–H and O–H groups in total. The zero-order valence-corrected chi connectivity index (χ0v) is 17.7. The van der Waals surface area contributed by atoms with Gasteiger partial charge >= 0.3 is 0 Å². The first-order valence-electron chi connectivity index (χ1n) is 11.4. The number of aldehydes is 1. The van der Waals surface area contributed by atoms with E-state index in [-0.39, 0.29) is 6.04 Å². The molecule has 0 fully saturated rings. The maximum absolute atomic E-state index is 10.9. The molecule has 2 heteroatoms. The molecular formula is C23H47NO. The van der Waals surface area contributed by atoms with E-state index >= 15 is 0 Å². The molecule has 2 nitrogen and oxygen atoms in total. The molecule has 0 bridgehead atoms. The molecule has 0 heterocycles. The lowest BCUT2D eigenvalue weighted by Crippen LogP contribution is -2.35. The van der Waals surface area contributed by atoms with Crippen LogP contribution in [0.4, 0.5) is 0 Å². The van der Waals surface area contributed by atoms with E-state index in [1.54, 1.807) is 0 Å². The largest absolute Gasteiger partial charge is 0.308 e. The summed E-state index contributed by atoms with van der Waals surface area (Å²) in [5, 5.41) is 3.35. The zero-order valence-electron chi connectivity index (χ0n) is 17.7.